The molecule has 4 atom stereocenters. The first-order valence-electron chi connectivity index (χ1n) is 12.6. The van der Waals surface area contributed by atoms with Crippen LogP contribution in [0, 0.1) is 24.6 Å². The molecule has 3 fully saturated rings. The standard InChI is InChI=1S/C28H33FN2O4/c1-17-6-5-9-23(29)25(17)27(32)31-24-16-35-15-19(24)14-22(28(33)34-2)26(31)18-10-12-21(13-11-18)30-20-7-3-4-8-20/h5-6,9-13,19-20,22,24,26,30H,3-4,7-8,14-16H2,1-2H3/t19-,22-,24?,26-/m0/s1. The minimum absolute atomic E-state index is 0.00492. The maximum atomic E-state index is 14.9. The van der Waals surface area contributed by atoms with Crippen LogP contribution in [0.4, 0.5) is 10.1 Å². The average Bonchev–Trinajstić information content (AvgIpc) is 3.54. The number of rotatable bonds is 5. The molecule has 0 spiro atoms. The van der Waals surface area contributed by atoms with Crippen molar-refractivity contribution < 1.29 is 23.5 Å². The Labute approximate surface area is 205 Å². The number of piperidine rings is 1. The SMILES string of the molecule is COC(=O)[C@H]1C[C@H]2COCC2N(C(=O)c2c(C)cccc2F)[C@H]1c1ccc(NC2CCCC2)cc1. The summed E-state index contributed by atoms with van der Waals surface area (Å²) in [5.41, 5.74) is 2.48. The van der Waals surface area contributed by atoms with Crippen LogP contribution in [0.25, 0.3) is 0 Å². The number of esters is 1. The molecule has 0 aromatic heterocycles. The smallest absolute Gasteiger partial charge is 0.311 e. The fourth-order valence-corrected chi connectivity index (χ4v) is 6.14. The third kappa shape index (κ3) is 4.54. The largest absolute Gasteiger partial charge is 0.469 e. The molecular weight excluding hydrogens is 447 g/mol. The van der Waals surface area contributed by atoms with Crippen molar-refractivity contribution >= 4 is 17.6 Å². The second-order valence-corrected chi connectivity index (χ2v) is 10.1. The number of hydrogen-bond acceptors (Lipinski definition) is 5. The number of methoxy groups -OCH3 is 1. The van der Waals surface area contributed by atoms with E-state index in [-0.39, 0.29) is 23.5 Å². The highest BCUT2D eigenvalue weighted by molar-refractivity contribution is 5.97. The molecule has 5 rings (SSSR count). The summed E-state index contributed by atoms with van der Waals surface area (Å²) in [6.07, 6.45) is 5.39. The molecule has 2 saturated heterocycles. The molecule has 1 saturated carbocycles. The van der Waals surface area contributed by atoms with Crippen LogP contribution in [0.2, 0.25) is 0 Å². The lowest BCUT2D eigenvalue weighted by Gasteiger charge is -2.46. The second-order valence-electron chi connectivity index (χ2n) is 10.1. The van der Waals surface area contributed by atoms with Gasteiger partial charge in [-0.1, -0.05) is 37.1 Å². The number of amides is 1. The lowest BCUT2D eigenvalue weighted by molar-refractivity contribution is -0.151. The summed E-state index contributed by atoms with van der Waals surface area (Å²) in [4.78, 5) is 28.7. The van der Waals surface area contributed by atoms with E-state index < -0.39 is 23.7 Å². The fraction of sp³-hybridized carbons (Fsp3) is 0.500. The van der Waals surface area contributed by atoms with Crippen molar-refractivity contribution in [3.05, 3.63) is 65.0 Å². The molecule has 2 aliphatic heterocycles. The lowest BCUT2D eigenvalue weighted by Crippen LogP contribution is -2.55. The van der Waals surface area contributed by atoms with E-state index in [9.17, 15) is 14.0 Å². The van der Waals surface area contributed by atoms with E-state index >= 15 is 0 Å². The molecule has 1 amide bonds. The first-order valence-corrected chi connectivity index (χ1v) is 12.6. The van der Waals surface area contributed by atoms with Gasteiger partial charge in [0.2, 0.25) is 0 Å². The number of hydrogen-bond donors (Lipinski definition) is 1. The number of anilines is 1. The van der Waals surface area contributed by atoms with Crippen LogP contribution in [0.3, 0.4) is 0 Å². The van der Waals surface area contributed by atoms with Crippen molar-refractivity contribution in [3.8, 4) is 0 Å². The molecule has 35 heavy (non-hydrogen) atoms. The summed E-state index contributed by atoms with van der Waals surface area (Å²) in [5, 5.41) is 3.59. The molecule has 6 nitrogen and oxygen atoms in total. The van der Waals surface area contributed by atoms with Gasteiger partial charge in [-0.15, -0.1) is 0 Å². The minimum Gasteiger partial charge on any atom is -0.469 e. The van der Waals surface area contributed by atoms with Crippen molar-refractivity contribution in [1.29, 1.82) is 0 Å². The number of carbonyl (C=O) groups excluding carboxylic acids is 2. The van der Waals surface area contributed by atoms with Crippen molar-refractivity contribution in [2.45, 2.75) is 57.2 Å². The maximum Gasteiger partial charge on any atom is 0.311 e. The molecule has 0 bridgehead atoms. The first-order chi connectivity index (χ1) is 17.0. The highest BCUT2D eigenvalue weighted by Gasteiger charge is 2.51. The van der Waals surface area contributed by atoms with E-state index in [1.165, 1.54) is 38.9 Å². The van der Waals surface area contributed by atoms with E-state index in [1.54, 1.807) is 24.0 Å². The molecule has 7 heteroatoms. The van der Waals surface area contributed by atoms with Crippen molar-refractivity contribution in [3.63, 3.8) is 0 Å². The molecule has 3 aliphatic rings. The molecule has 2 heterocycles. The Kier molecular flexibility index (Phi) is 6.78. The Morgan fingerprint density at radius 1 is 1.09 bits per heavy atom. The van der Waals surface area contributed by atoms with Crippen LogP contribution < -0.4 is 5.32 Å². The molecule has 1 unspecified atom stereocenters. The van der Waals surface area contributed by atoms with Crippen LogP contribution in [0.1, 0.15) is 59.6 Å². The number of halogens is 1. The summed E-state index contributed by atoms with van der Waals surface area (Å²) in [7, 11) is 1.37. The Hall–Kier alpha value is -2.93. The van der Waals surface area contributed by atoms with Crippen LogP contribution in [0.15, 0.2) is 42.5 Å². The molecule has 2 aromatic carbocycles. The zero-order chi connectivity index (χ0) is 24.5. The van der Waals surface area contributed by atoms with E-state index in [1.807, 2.05) is 24.3 Å². The van der Waals surface area contributed by atoms with E-state index in [0.717, 1.165) is 11.3 Å². The Balaban J connectivity index is 1.54. The zero-order valence-corrected chi connectivity index (χ0v) is 20.3. The number of carbonyl (C=O) groups is 2. The molecule has 1 aliphatic carbocycles. The molecule has 186 valence electrons. The summed E-state index contributed by atoms with van der Waals surface area (Å²) >= 11 is 0. The van der Waals surface area contributed by atoms with Crippen molar-refractivity contribution in [1.82, 2.24) is 4.90 Å². The van der Waals surface area contributed by atoms with Gasteiger partial charge in [0, 0.05) is 17.6 Å². The molecule has 0 radical (unpaired) electrons. The number of fused-ring (bicyclic) bond motifs is 1. The number of likely N-dealkylation sites (tertiary alicyclic amines) is 1. The minimum atomic E-state index is -0.572. The van der Waals surface area contributed by atoms with Gasteiger partial charge in [0.05, 0.1) is 43.9 Å². The first kappa shape index (κ1) is 23.8. The maximum absolute atomic E-state index is 14.9. The fourth-order valence-electron chi connectivity index (χ4n) is 6.14. The highest BCUT2D eigenvalue weighted by Crippen LogP contribution is 2.45. The number of nitrogens with zero attached hydrogens (tertiary/aromatic N) is 1. The van der Waals surface area contributed by atoms with Crippen LogP contribution >= 0.6 is 0 Å². The third-order valence-corrected chi connectivity index (χ3v) is 7.91. The van der Waals surface area contributed by atoms with Gasteiger partial charge < -0.3 is 19.7 Å². The topological polar surface area (TPSA) is 67.9 Å². The van der Waals surface area contributed by atoms with E-state index in [2.05, 4.69) is 5.32 Å². The van der Waals surface area contributed by atoms with Gasteiger partial charge in [-0.25, -0.2) is 4.39 Å². The van der Waals surface area contributed by atoms with Crippen LogP contribution in [-0.4, -0.2) is 49.2 Å². The Morgan fingerprint density at radius 3 is 2.51 bits per heavy atom. The number of nitrogens with one attached hydrogen (secondary N) is 1. The number of benzene rings is 2. The van der Waals surface area contributed by atoms with Gasteiger partial charge in [0.1, 0.15) is 5.82 Å². The quantitative estimate of drug-likeness (QED) is 0.618. The highest BCUT2D eigenvalue weighted by atomic mass is 19.1. The summed E-state index contributed by atoms with van der Waals surface area (Å²) < 4.78 is 25.9. The summed E-state index contributed by atoms with van der Waals surface area (Å²) in [5.74, 6) is -1.90. The predicted octanol–water partition coefficient (Wildman–Crippen LogP) is 4.88. The van der Waals surface area contributed by atoms with Gasteiger partial charge in [-0.2, -0.15) is 0 Å². The molecule has 1 N–H and O–H groups in total. The lowest BCUT2D eigenvalue weighted by atomic mass is 9.76. The number of ether oxygens (including phenoxy) is 2. The van der Waals surface area contributed by atoms with Gasteiger partial charge in [0.25, 0.3) is 5.91 Å². The van der Waals surface area contributed by atoms with Gasteiger partial charge in [0.15, 0.2) is 0 Å². The average molecular weight is 481 g/mol. The molecule has 2 aromatic rings. The summed E-state index contributed by atoms with van der Waals surface area (Å²) in [6, 6.07) is 12.3. The van der Waals surface area contributed by atoms with E-state index in [4.69, 9.17) is 9.47 Å². The predicted molar refractivity (Wildman–Crippen MR) is 131 cm³/mol. The second kappa shape index (κ2) is 9.97. The van der Waals surface area contributed by atoms with Gasteiger partial charge in [-0.3, -0.25) is 9.59 Å². The zero-order valence-electron chi connectivity index (χ0n) is 20.3. The van der Waals surface area contributed by atoms with E-state index in [0.29, 0.717) is 31.2 Å². The molecular formula is C28H33FN2O4. The van der Waals surface area contributed by atoms with Crippen molar-refractivity contribution in [2.24, 2.45) is 11.8 Å². The Bertz CT molecular complexity index is 1060. The van der Waals surface area contributed by atoms with Crippen LogP contribution in [-0.2, 0) is 14.3 Å². The summed E-state index contributed by atoms with van der Waals surface area (Å²) in [6.45, 7) is 2.57. The third-order valence-electron chi connectivity index (χ3n) is 7.91. The number of aryl methyl sites for hydroxylation is 1. The van der Waals surface area contributed by atoms with Gasteiger partial charge >= 0.3 is 5.97 Å². The van der Waals surface area contributed by atoms with Gasteiger partial charge in [-0.05, 0) is 55.5 Å². The van der Waals surface area contributed by atoms with Crippen molar-refractivity contribution in [2.75, 3.05) is 25.6 Å². The normalized spacial score (nSPS) is 26.4. The van der Waals surface area contributed by atoms with Crippen LogP contribution in [0.5, 0.6) is 0 Å². The monoisotopic (exact) mass is 480 g/mol. The Morgan fingerprint density at radius 2 is 1.83 bits per heavy atom.